The lowest BCUT2D eigenvalue weighted by atomic mass is 10.1. The first-order chi connectivity index (χ1) is 11.7. The molecular formula is C16H13F4N3O2. The van der Waals surface area contributed by atoms with Crippen molar-refractivity contribution in [3.63, 3.8) is 0 Å². The third-order valence-corrected chi connectivity index (χ3v) is 3.15. The maximum Gasteiger partial charge on any atom is 0.419 e. The molecule has 1 heterocycles. The second kappa shape index (κ2) is 7.29. The smallest absolute Gasteiger partial charge is 0.348 e. The third-order valence-electron chi connectivity index (χ3n) is 3.15. The van der Waals surface area contributed by atoms with Crippen molar-refractivity contribution in [3.05, 3.63) is 59.0 Å². The van der Waals surface area contributed by atoms with Crippen molar-refractivity contribution in [1.29, 1.82) is 0 Å². The number of alkyl halides is 3. The number of hydrogen-bond donors (Lipinski definition) is 2. The van der Waals surface area contributed by atoms with Gasteiger partial charge in [-0.05, 0) is 18.2 Å². The summed E-state index contributed by atoms with van der Waals surface area (Å²) < 4.78 is 51.9. The van der Waals surface area contributed by atoms with Crippen molar-refractivity contribution in [1.82, 2.24) is 10.3 Å². The van der Waals surface area contributed by atoms with Gasteiger partial charge in [0.2, 0.25) is 5.91 Å². The van der Waals surface area contributed by atoms with Gasteiger partial charge in [-0.1, -0.05) is 12.1 Å². The number of hydrogen-bond acceptors (Lipinski definition) is 3. The second-order valence-corrected chi connectivity index (χ2v) is 5.07. The molecule has 0 unspecified atom stereocenters. The largest absolute Gasteiger partial charge is 0.419 e. The Hall–Kier alpha value is -2.97. The highest BCUT2D eigenvalue weighted by Crippen LogP contribution is 2.32. The number of anilines is 1. The van der Waals surface area contributed by atoms with Crippen molar-refractivity contribution in [3.8, 4) is 0 Å². The SMILES string of the molecule is CC(=O)Nc1cc(C(=O)NCc2cccc(C(F)(F)F)c2F)ccn1. The van der Waals surface area contributed by atoms with E-state index in [9.17, 15) is 27.2 Å². The molecule has 25 heavy (non-hydrogen) atoms. The number of halogens is 4. The average Bonchev–Trinajstić information content (AvgIpc) is 2.52. The summed E-state index contributed by atoms with van der Waals surface area (Å²) >= 11 is 0. The Morgan fingerprint density at radius 2 is 1.92 bits per heavy atom. The van der Waals surface area contributed by atoms with E-state index in [1.807, 2.05) is 0 Å². The molecule has 1 aromatic heterocycles. The third kappa shape index (κ3) is 4.75. The molecule has 0 radical (unpaired) electrons. The lowest BCUT2D eigenvalue weighted by Gasteiger charge is -2.12. The number of carbonyl (C=O) groups excluding carboxylic acids is 2. The van der Waals surface area contributed by atoms with Crippen LogP contribution in [-0.4, -0.2) is 16.8 Å². The second-order valence-electron chi connectivity index (χ2n) is 5.07. The molecule has 2 N–H and O–H groups in total. The average molecular weight is 355 g/mol. The first kappa shape index (κ1) is 18.4. The first-order valence-electron chi connectivity index (χ1n) is 7.05. The van der Waals surface area contributed by atoms with E-state index in [1.165, 1.54) is 25.3 Å². The van der Waals surface area contributed by atoms with E-state index < -0.39 is 30.0 Å². The molecule has 0 spiro atoms. The molecule has 2 aromatic rings. The minimum absolute atomic E-state index is 0.117. The van der Waals surface area contributed by atoms with Crippen LogP contribution in [0.4, 0.5) is 23.4 Å². The summed E-state index contributed by atoms with van der Waals surface area (Å²) in [5.41, 5.74) is -1.57. The summed E-state index contributed by atoms with van der Waals surface area (Å²) in [6.07, 6.45) is -3.53. The van der Waals surface area contributed by atoms with Gasteiger partial charge in [0.25, 0.3) is 5.91 Å². The standard InChI is InChI=1S/C16H13F4N3O2/c1-9(24)23-13-7-10(5-6-21-13)15(25)22-8-11-3-2-4-12(14(11)17)16(18,19)20/h2-7H,8H2,1H3,(H,22,25)(H,21,23,24). The predicted octanol–water partition coefficient (Wildman–Crippen LogP) is 3.13. The number of rotatable bonds is 4. The fourth-order valence-electron chi connectivity index (χ4n) is 2.03. The molecule has 132 valence electrons. The van der Waals surface area contributed by atoms with E-state index in [2.05, 4.69) is 15.6 Å². The van der Waals surface area contributed by atoms with Crippen molar-refractivity contribution >= 4 is 17.6 Å². The van der Waals surface area contributed by atoms with Gasteiger partial charge >= 0.3 is 6.18 Å². The fraction of sp³-hybridized carbons (Fsp3) is 0.188. The Kier molecular flexibility index (Phi) is 5.35. The van der Waals surface area contributed by atoms with Gasteiger partial charge in [-0.15, -0.1) is 0 Å². The number of benzene rings is 1. The molecule has 0 bridgehead atoms. The zero-order valence-corrected chi connectivity index (χ0v) is 12.9. The first-order valence-corrected chi connectivity index (χ1v) is 7.05. The Bertz CT molecular complexity index is 806. The van der Waals surface area contributed by atoms with Crippen LogP contribution < -0.4 is 10.6 Å². The molecule has 0 atom stereocenters. The van der Waals surface area contributed by atoms with Crippen LogP contribution in [-0.2, 0) is 17.5 Å². The van der Waals surface area contributed by atoms with E-state index in [-0.39, 0.29) is 22.9 Å². The molecule has 5 nitrogen and oxygen atoms in total. The molecule has 0 saturated carbocycles. The van der Waals surface area contributed by atoms with Gasteiger partial charge in [-0.25, -0.2) is 9.37 Å². The summed E-state index contributed by atoms with van der Waals surface area (Å²) in [5.74, 6) is -2.31. The van der Waals surface area contributed by atoms with Gasteiger partial charge in [0.1, 0.15) is 11.6 Å². The Morgan fingerprint density at radius 1 is 1.20 bits per heavy atom. The van der Waals surface area contributed by atoms with Crippen LogP contribution in [0.2, 0.25) is 0 Å². The highest BCUT2D eigenvalue weighted by molar-refractivity contribution is 5.96. The molecule has 1 aromatic carbocycles. The summed E-state index contributed by atoms with van der Waals surface area (Å²) in [6.45, 7) is 0.844. The number of carbonyl (C=O) groups is 2. The number of nitrogens with zero attached hydrogens (tertiary/aromatic N) is 1. The molecule has 2 rings (SSSR count). The quantitative estimate of drug-likeness (QED) is 0.828. The van der Waals surface area contributed by atoms with Gasteiger partial charge in [-0.3, -0.25) is 9.59 Å². The molecule has 2 amide bonds. The van der Waals surface area contributed by atoms with Crippen molar-refractivity contribution < 1.29 is 27.2 Å². The summed E-state index contributed by atoms with van der Waals surface area (Å²) in [4.78, 5) is 26.9. The topological polar surface area (TPSA) is 71.1 Å². The molecule has 0 fully saturated rings. The predicted molar refractivity (Wildman–Crippen MR) is 81.1 cm³/mol. The lowest BCUT2D eigenvalue weighted by Crippen LogP contribution is -2.24. The monoisotopic (exact) mass is 355 g/mol. The van der Waals surface area contributed by atoms with E-state index in [4.69, 9.17) is 0 Å². The van der Waals surface area contributed by atoms with Crippen LogP contribution in [0.5, 0.6) is 0 Å². The number of amides is 2. The number of nitrogens with one attached hydrogen (secondary N) is 2. The van der Waals surface area contributed by atoms with Crippen molar-refractivity contribution in [2.75, 3.05) is 5.32 Å². The van der Waals surface area contributed by atoms with Crippen LogP contribution in [0.1, 0.15) is 28.4 Å². The summed E-state index contributed by atoms with van der Waals surface area (Å²) in [5, 5.41) is 4.72. The van der Waals surface area contributed by atoms with Crippen LogP contribution in [0.25, 0.3) is 0 Å². The fourth-order valence-corrected chi connectivity index (χ4v) is 2.03. The van der Waals surface area contributed by atoms with Gasteiger partial charge in [-0.2, -0.15) is 13.2 Å². The number of aromatic nitrogens is 1. The molecule has 0 aliphatic carbocycles. The van der Waals surface area contributed by atoms with Crippen LogP contribution in [0, 0.1) is 5.82 Å². The highest BCUT2D eigenvalue weighted by Gasteiger charge is 2.34. The van der Waals surface area contributed by atoms with E-state index in [0.29, 0.717) is 6.07 Å². The van der Waals surface area contributed by atoms with Gasteiger partial charge in [0.05, 0.1) is 5.56 Å². The van der Waals surface area contributed by atoms with Gasteiger partial charge < -0.3 is 10.6 Å². The lowest BCUT2D eigenvalue weighted by molar-refractivity contribution is -0.140. The summed E-state index contributed by atoms with van der Waals surface area (Å²) in [6, 6.07) is 5.49. The van der Waals surface area contributed by atoms with Crippen molar-refractivity contribution in [2.24, 2.45) is 0 Å². The van der Waals surface area contributed by atoms with Crippen LogP contribution in [0.3, 0.4) is 0 Å². The molecule has 0 saturated heterocycles. The molecule has 9 heteroatoms. The maximum atomic E-state index is 13.9. The molecular weight excluding hydrogens is 342 g/mol. The van der Waals surface area contributed by atoms with Gasteiger partial charge in [0.15, 0.2) is 0 Å². The zero-order chi connectivity index (χ0) is 18.6. The van der Waals surface area contributed by atoms with E-state index in [0.717, 1.165) is 12.1 Å². The normalized spacial score (nSPS) is 11.1. The van der Waals surface area contributed by atoms with Crippen LogP contribution in [0.15, 0.2) is 36.5 Å². The molecule has 0 aliphatic heterocycles. The minimum atomic E-state index is -4.82. The summed E-state index contributed by atoms with van der Waals surface area (Å²) in [7, 11) is 0. The zero-order valence-electron chi connectivity index (χ0n) is 12.9. The molecule has 0 aliphatic rings. The highest BCUT2D eigenvalue weighted by atomic mass is 19.4. The van der Waals surface area contributed by atoms with E-state index in [1.54, 1.807) is 0 Å². The maximum absolute atomic E-state index is 13.9. The van der Waals surface area contributed by atoms with Gasteiger partial charge in [0, 0.05) is 30.8 Å². The van der Waals surface area contributed by atoms with Crippen molar-refractivity contribution in [2.45, 2.75) is 19.6 Å². The number of pyridine rings is 1. The minimum Gasteiger partial charge on any atom is -0.348 e. The van der Waals surface area contributed by atoms with E-state index >= 15 is 0 Å². The Morgan fingerprint density at radius 3 is 2.56 bits per heavy atom. The van der Waals surface area contributed by atoms with Crippen LogP contribution >= 0.6 is 0 Å². The Labute approximate surface area is 140 Å². The Balaban J connectivity index is 2.12.